The van der Waals surface area contributed by atoms with E-state index < -0.39 is 6.10 Å². The van der Waals surface area contributed by atoms with Crippen LogP contribution < -0.4 is 0 Å². The number of aliphatic hydroxyl groups is 1. The Bertz CT molecular complexity index is 526. The molecule has 18 heavy (non-hydrogen) atoms. The van der Waals surface area contributed by atoms with Gasteiger partial charge in [-0.25, -0.2) is 14.6 Å². The maximum absolute atomic E-state index is 10.2. The molecule has 5 nitrogen and oxygen atoms in total. The molecule has 6 heteroatoms. The van der Waals surface area contributed by atoms with Crippen molar-refractivity contribution in [2.45, 2.75) is 32.4 Å². The summed E-state index contributed by atoms with van der Waals surface area (Å²) in [5.74, 6) is 0.755. The molecule has 0 aliphatic heterocycles. The Kier molecular flexibility index (Phi) is 3.93. The van der Waals surface area contributed by atoms with Crippen molar-refractivity contribution in [1.82, 2.24) is 19.7 Å². The average molecular weight is 267 g/mol. The molecule has 1 unspecified atom stereocenters. The third-order valence-corrected chi connectivity index (χ3v) is 2.85. The summed E-state index contributed by atoms with van der Waals surface area (Å²) in [5.41, 5.74) is 0.730. The van der Waals surface area contributed by atoms with Crippen molar-refractivity contribution in [2.24, 2.45) is 0 Å². The zero-order valence-electron chi connectivity index (χ0n) is 10.3. The second-order valence-corrected chi connectivity index (χ2v) is 4.73. The van der Waals surface area contributed by atoms with Gasteiger partial charge in [0, 0.05) is 18.7 Å². The minimum Gasteiger partial charge on any atom is -0.388 e. The van der Waals surface area contributed by atoms with Gasteiger partial charge in [0.25, 0.3) is 0 Å². The van der Waals surface area contributed by atoms with Crippen molar-refractivity contribution in [3.8, 4) is 0 Å². The van der Waals surface area contributed by atoms with Crippen LogP contribution in [0.1, 0.15) is 37.4 Å². The van der Waals surface area contributed by atoms with Gasteiger partial charge >= 0.3 is 0 Å². The van der Waals surface area contributed by atoms with Crippen LogP contribution in [-0.2, 0) is 6.42 Å². The second-order valence-electron chi connectivity index (χ2n) is 4.35. The molecule has 0 radical (unpaired) electrons. The lowest BCUT2D eigenvalue weighted by Crippen LogP contribution is -2.12. The lowest BCUT2D eigenvalue weighted by molar-refractivity contribution is 0.173. The molecule has 0 aliphatic carbocycles. The third-order valence-electron chi connectivity index (χ3n) is 2.65. The number of hydrogen-bond acceptors (Lipinski definition) is 4. The van der Waals surface area contributed by atoms with Gasteiger partial charge in [-0.05, 0) is 31.5 Å². The summed E-state index contributed by atoms with van der Waals surface area (Å²) in [4.78, 5) is 8.05. The highest BCUT2D eigenvalue weighted by Crippen LogP contribution is 2.20. The predicted molar refractivity (Wildman–Crippen MR) is 68.3 cm³/mol. The SMILES string of the molecule is CC(C)n1ncnc1CC(O)c1ccnc(Cl)c1. The van der Waals surface area contributed by atoms with E-state index in [4.69, 9.17) is 11.6 Å². The number of pyridine rings is 1. The van der Waals surface area contributed by atoms with Crippen LogP contribution in [0.5, 0.6) is 0 Å². The fraction of sp³-hybridized carbons (Fsp3) is 0.417. The molecular formula is C12H15ClN4O. The Labute approximate surface area is 110 Å². The standard InChI is InChI=1S/C12H15ClN4O/c1-8(2)17-12(15-7-16-17)6-10(18)9-3-4-14-11(13)5-9/h3-5,7-8,10,18H,6H2,1-2H3. The topological polar surface area (TPSA) is 63.8 Å². The van der Waals surface area contributed by atoms with Crippen LogP contribution in [0.15, 0.2) is 24.7 Å². The number of nitrogens with zero attached hydrogens (tertiary/aromatic N) is 4. The number of halogens is 1. The molecule has 0 aromatic carbocycles. The Morgan fingerprint density at radius 2 is 2.17 bits per heavy atom. The van der Waals surface area contributed by atoms with Gasteiger partial charge in [0.05, 0.1) is 6.10 Å². The maximum Gasteiger partial charge on any atom is 0.138 e. The van der Waals surface area contributed by atoms with Crippen molar-refractivity contribution in [2.75, 3.05) is 0 Å². The molecule has 0 amide bonds. The molecule has 0 bridgehead atoms. The Morgan fingerprint density at radius 3 is 2.83 bits per heavy atom. The zero-order valence-corrected chi connectivity index (χ0v) is 11.0. The molecule has 0 fully saturated rings. The highest BCUT2D eigenvalue weighted by molar-refractivity contribution is 6.29. The molecule has 1 atom stereocenters. The average Bonchev–Trinajstić information content (AvgIpc) is 2.77. The van der Waals surface area contributed by atoms with E-state index in [9.17, 15) is 5.11 Å². The van der Waals surface area contributed by atoms with Crippen LogP contribution in [0, 0.1) is 0 Å². The Hall–Kier alpha value is -1.46. The quantitative estimate of drug-likeness (QED) is 0.862. The first kappa shape index (κ1) is 13.0. The van der Waals surface area contributed by atoms with Crippen molar-refractivity contribution >= 4 is 11.6 Å². The molecule has 0 saturated carbocycles. The fourth-order valence-corrected chi connectivity index (χ4v) is 1.95. The highest BCUT2D eigenvalue weighted by atomic mass is 35.5. The summed E-state index contributed by atoms with van der Waals surface area (Å²) in [6.07, 6.45) is 2.82. The van der Waals surface area contributed by atoms with Crippen molar-refractivity contribution in [1.29, 1.82) is 0 Å². The van der Waals surface area contributed by atoms with E-state index in [2.05, 4.69) is 15.1 Å². The van der Waals surface area contributed by atoms with E-state index in [1.165, 1.54) is 6.33 Å². The van der Waals surface area contributed by atoms with Crippen LogP contribution in [-0.4, -0.2) is 24.9 Å². The van der Waals surface area contributed by atoms with Crippen molar-refractivity contribution < 1.29 is 5.11 Å². The molecule has 0 spiro atoms. The summed E-state index contributed by atoms with van der Waals surface area (Å²) < 4.78 is 1.80. The van der Waals surface area contributed by atoms with Gasteiger partial charge < -0.3 is 5.11 Å². The number of aromatic nitrogens is 4. The van der Waals surface area contributed by atoms with Crippen LogP contribution in [0.3, 0.4) is 0 Å². The molecular weight excluding hydrogens is 252 g/mol. The third kappa shape index (κ3) is 2.86. The molecule has 2 heterocycles. The summed E-state index contributed by atoms with van der Waals surface area (Å²) >= 11 is 5.80. The maximum atomic E-state index is 10.2. The van der Waals surface area contributed by atoms with Gasteiger partial charge in [-0.15, -0.1) is 0 Å². The minimum absolute atomic E-state index is 0.218. The van der Waals surface area contributed by atoms with E-state index in [-0.39, 0.29) is 6.04 Å². The molecule has 2 aromatic rings. The second kappa shape index (κ2) is 5.46. The molecule has 0 saturated heterocycles. The monoisotopic (exact) mass is 266 g/mol. The van der Waals surface area contributed by atoms with Gasteiger partial charge in [-0.3, -0.25) is 0 Å². The van der Waals surface area contributed by atoms with E-state index in [1.54, 1.807) is 23.0 Å². The summed E-state index contributed by atoms with van der Waals surface area (Å²) in [6, 6.07) is 3.62. The van der Waals surface area contributed by atoms with Crippen LogP contribution in [0.4, 0.5) is 0 Å². The van der Waals surface area contributed by atoms with Gasteiger partial charge in [0.2, 0.25) is 0 Å². The first-order valence-corrected chi connectivity index (χ1v) is 6.13. The normalized spacial score (nSPS) is 12.9. The first-order chi connectivity index (χ1) is 8.58. The molecule has 1 N–H and O–H groups in total. The number of hydrogen-bond donors (Lipinski definition) is 1. The van der Waals surface area contributed by atoms with Crippen molar-refractivity contribution in [3.63, 3.8) is 0 Å². The largest absolute Gasteiger partial charge is 0.388 e. The predicted octanol–water partition coefficient (Wildman–Crippen LogP) is 2.18. The zero-order chi connectivity index (χ0) is 13.1. The fourth-order valence-electron chi connectivity index (χ4n) is 1.77. The van der Waals surface area contributed by atoms with Gasteiger partial charge in [-0.1, -0.05) is 11.6 Å². The van der Waals surface area contributed by atoms with Gasteiger partial charge in [0.1, 0.15) is 17.3 Å². The Morgan fingerprint density at radius 1 is 1.39 bits per heavy atom. The summed E-state index contributed by atoms with van der Waals surface area (Å²) in [6.45, 7) is 4.04. The van der Waals surface area contributed by atoms with Crippen LogP contribution in [0.25, 0.3) is 0 Å². The molecule has 2 aromatic heterocycles. The molecule has 0 aliphatic rings. The molecule has 2 rings (SSSR count). The van der Waals surface area contributed by atoms with E-state index >= 15 is 0 Å². The smallest absolute Gasteiger partial charge is 0.138 e. The lowest BCUT2D eigenvalue weighted by atomic mass is 10.1. The molecule has 96 valence electrons. The van der Waals surface area contributed by atoms with Gasteiger partial charge in [-0.2, -0.15) is 5.10 Å². The lowest BCUT2D eigenvalue weighted by Gasteiger charge is -2.13. The van der Waals surface area contributed by atoms with E-state index in [1.807, 2.05) is 13.8 Å². The Balaban J connectivity index is 2.16. The van der Waals surface area contributed by atoms with Crippen LogP contribution >= 0.6 is 11.6 Å². The highest BCUT2D eigenvalue weighted by Gasteiger charge is 2.15. The van der Waals surface area contributed by atoms with E-state index in [0.717, 1.165) is 11.4 Å². The van der Waals surface area contributed by atoms with Crippen molar-refractivity contribution in [3.05, 3.63) is 41.2 Å². The van der Waals surface area contributed by atoms with Gasteiger partial charge in [0.15, 0.2) is 0 Å². The number of rotatable bonds is 4. The first-order valence-electron chi connectivity index (χ1n) is 5.76. The minimum atomic E-state index is -0.660. The van der Waals surface area contributed by atoms with E-state index in [0.29, 0.717) is 11.6 Å². The number of aliphatic hydroxyl groups excluding tert-OH is 1. The van der Waals surface area contributed by atoms with Crippen LogP contribution in [0.2, 0.25) is 5.15 Å². The summed E-state index contributed by atoms with van der Waals surface area (Å²) in [5, 5.41) is 14.7. The summed E-state index contributed by atoms with van der Waals surface area (Å²) in [7, 11) is 0.